The Balaban J connectivity index is 1.58. The van der Waals surface area contributed by atoms with Gasteiger partial charge in [-0.3, -0.25) is 9.59 Å². The Hall–Kier alpha value is -3.25. The summed E-state index contributed by atoms with van der Waals surface area (Å²) in [6.07, 6.45) is 0.206. The number of hydrogen-bond acceptors (Lipinski definition) is 4. The van der Waals surface area contributed by atoms with E-state index >= 15 is 0 Å². The molecule has 5 nitrogen and oxygen atoms in total. The lowest BCUT2D eigenvalue weighted by atomic mass is 10.1. The fourth-order valence-corrected chi connectivity index (χ4v) is 4.57. The molecule has 0 unspecified atom stereocenters. The van der Waals surface area contributed by atoms with E-state index in [0.717, 1.165) is 21.9 Å². The Morgan fingerprint density at radius 3 is 2.55 bits per heavy atom. The van der Waals surface area contributed by atoms with E-state index in [1.54, 1.807) is 18.7 Å². The number of hydrogen-bond donors (Lipinski definition) is 1. The van der Waals surface area contributed by atoms with E-state index in [1.165, 1.54) is 0 Å². The SMILES string of the molecule is CCCN1C(=O)c2ccccc2Sc2cc(NC(=O)[C@H](C)Oc3ccccc3)ccc21. The van der Waals surface area contributed by atoms with Gasteiger partial charge in [0.2, 0.25) is 0 Å². The van der Waals surface area contributed by atoms with Gasteiger partial charge in [0, 0.05) is 22.0 Å². The summed E-state index contributed by atoms with van der Waals surface area (Å²) in [6.45, 7) is 4.41. The van der Waals surface area contributed by atoms with Crippen LogP contribution >= 0.6 is 11.8 Å². The van der Waals surface area contributed by atoms with Crippen molar-refractivity contribution in [2.24, 2.45) is 0 Å². The van der Waals surface area contributed by atoms with Crippen LogP contribution in [0.2, 0.25) is 0 Å². The molecule has 6 heteroatoms. The molecule has 0 fully saturated rings. The van der Waals surface area contributed by atoms with Gasteiger partial charge in [0.25, 0.3) is 11.8 Å². The van der Waals surface area contributed by atoms with Gasteiger partial charge >= 0.3 is 0 Å². The summed E-state index contributed by atoms with van der Waals surface area (Å²) in [5, 5.41) is 2.93. The fourth-order valence-electron chi connectivity index (χ4n) is 3.45. The minimum Gasteiger partial charge on any atom is -0.481 e. The second kappa shape index (κ2) is 9.27. The molecule has 3 aromatic carbocycles. The van der Waals surface area contributed by atoms with Crippen LogP contribution in [0.5, 0.6) is 5.75 Å². The third kappa shape index (κ3) is 4.59. The number of fused-ring (bicyclic) bond motifs is 2. The second-order valence-electron chi connectivity index (χ2n) is 7.30. The highest BCUT2D eigenvalue weighted by atomic mass is 32.2. The van der Waals surface area contributed by atoms with Gasteiger partial charge in [-0.2, -0.15) is 0 Å². The predicted octanol–water partition coefficient (Wildman–Crippen LogP) is 5.61. The highest BCUT2D eigenvalue weighted by molar-refractivity contribution is 7.99. The Labute approximate surface area is 186 Å². The number of anilines is 2. The van der Waals surface area contributed by atoms with Gasteiger partial charge in [-0.05, 0) is 55.8 Å². The molecule has 1 N–H and O–H groups in total. The number of carbonyl (C=O) groups excluding carboxylic acids is 2. The van der Waals surface area contributed by atoms with Crippen LogP contribution in [-0.4, -0.2) is 24.5 Å². The molecule has 0 radical (unpaired) electrons. The molecule has 0 spiro atoms. The molecule has 0 bridgehead atoms. The summed E-state index contributed by atoms with van der Waals surface area (Å²) in [5.74, 6) is 0.419. The maximum Gasteiger partial charge on any atom is 0.265 e. The number of amides is 2. The number of para-hydroxylation sites is 1. The molecule has 31 heavy (non-hydrogen) atoms. The third-order valence-electron chi connectivity index (χ3n) is 4.97. The summed E-state index contributed by atoms with van der Waals surface area (Å²) in [6, 6.07) is 22.6. The van der Waals surface area contributed by atoms with Crippen molar-refractivity contribution in [2.45, 2.75) is 36.2 Å². The summed E-state index contributed by atoms with van der Waals surface area (Å²) in [4.78, 5) is 29.5. The maximum atomic E-state index is 13.1. The zero-order valence-corrected chi connectivity index (χ0v) is 18.3. The molecule has 158 valence electrons. The van der Waals surface area contributed by atoms with Gasteiger partial charge in [-0.1, -0.05) is 49.0 Å². The highest BCUT2D eigenvalue weighted by Crippen LogP contribution is 2.42. The van der Waals surface area contributed by atoms with E-state index in [4.69, 9.17) is 4.74 Å². The summed E-state index contributed by atoms with van der Waals surface area (Å²) in [5.41, 5.74) is 2.23. The monoisotopic (exact) mass is 432 g/mol. The average molecular weight is 433 g/mol. The van der Waals surface area contributed by atoms with Crippen molar-refractivity contribution in [1.82, 2.24) is 0 Å². The van der Waals surface area contributed by atoms with Gasteiger partial charge in [0.05, 0.1) is 11.3 Å². The lowest BCUT2D eigenvalue weighted by Crippen LogP contribution is -2.32. The number of benzene rings is 3. The normalized spacial score (nSPS) is 13.6. The highest BCUT2D eigenvalue weighted by Gasteiger charge is 2.27. The van der Waals surface area contributed by atoms with Gasteiger partial charge < -0.3 is 15.0 Å². The minimum atomic E-state index is -0.646. The van der Waals surface area contributed by atoms with Gasteiger partial charge in [-0.25, -0.2) is 0 Å². The average Bonchev–Trinajstić information content (AvgIpc) is 2.89. The topological polar surface area (TPSA) is 58.6 Å². The van der Waals surface area contributed by atoms with Gasteiger partial charge in [0.15, 0.2) is 6.10 Å². The largest absolute Gasteiger partial charge is 0.481 e. The number of nitrogens with zero attached hydrogens (tertiary/aromatic N) is 1. The van der Waals surface area contributed by atoms with Crippen molar-refractivity contribution in [3.8, 4) is 5.75 Å². The molecular formula is C25H24N2O3S. The van der Waals surface area contributed by atoms with Crippen LogP contribution in [0.15, 0.2) is 82.6 Å². The number of rotatable bonds is 6. The van der Waals surface area contributed by atoms with Crippen LogP contribution in [0.3, 0.4) is 0 Å². The Morgan fingerprint density at radius 1 is 1.03 bits per heavy atom. The molecule has 1 aliphatic rings. The van der Waals surface area contributed by atoms with Crippen molar-refractivity contribution in [3.63, 3.8) is 0 Å². The standard InChI is InChI=1S/C25H24N2O3S/c1-3-15-27-21-14-13-18(26-24(28)17(2)30-19-9-5-4-6-10-19)16-23(21)31-22-12-8-7-11-20(22)25(27)29/h4-14,16-17H,3,15H2,1-2H3,(H,26,28)/t17-/m0/s1. The Bertz CT molecular complexity index is 1100. The third-order valence-corrected chi connectivity index (χ3v) is 6.10. The predicted molar refractivity (Wildman–Crippen MR) is 124 cm³/mol. The van der Waals surface area contributed by atoms with Crippen molar-refractivity contribution in [2.75, 3.05) is 16.8 Å². The molecule has 0 saturated heterocycles. The first kappa shape index (κ1) is 21.0. The molecule has 4 rings (SSSR count). The van der Waals surface area contributed by atoms with Crippen molar-refractivity contribution < 1.29 is 14.3 Å². The Kier molecular flexibility index (Phi) is 6.28. The van der Waals surface area contributed by atoms with E-state index in [2.05, 4.69) is 12.2 Å². The molecule has 1 aliphatic heterocycles. The van der Waals surface area contributed by atoms with Crippen molar-refractivity contribution >= 4 is 35.0 Å². The quantitative estimate of drug-likeness (QED) is 0.550. The van der Waals surface area contributed by atoms with E-state index in [9.17, 15) is 9.59 Å². The summed E-state index contributed by atoms with van der Waals surface area (Å²) >= 11 is 1.54. The first-order valence-corrected chi connectivity index (χ1v) is 11.1. The van der Waals surface area contributed by atoms with E-state index in [-0.39, 0.29) is 11.8 Å². The summed E-state index contributed by atoms with van der Waals surface area (Å²) < 4.78 is 5.72. The van der Waals surface area contributed by atoms with Crippen molar-refractivity contribution in [3.05, 3.63) is 78.4 Å². The van der Waals surface area contributed by atoms with Crippen LogP contribution in [0.1, 0.15) is 30.6 Å². The summed E-state index contributed by atoms with van der Waals surface area (Å²) in [7, 11) is 0. The fraction of sp³-hybridized carbons (Fsp3) is 0.200. The van der Waals surface area contributed by atoms with Crippen LogP contribution in [-0.2, 0) is 4.79 Å². The van der Waals surface area contributed by atoms with Crippen molar-refractivity contribution in [1.29, 1.82) is 0 Å². The van der Waals surface area contributed by atoms with E-state index in [1.807, 2.05) is 77.7 Å². The Morgan fingerprint density at radius 2 is 1.77 bits per heavy atom. The molecule has 0 aromatic heterocycles. The second-order valence-corrected chi connectivity index (χ2v) is 8.38. The number of carbonyl (C=O) groups is 2. The van der Waals surface area contributed by atoms with Crippen LogP contribution in [0.25, 0.3) is 0 Å². The van der Waals surface area contributed by atoms with Gasteiger partial charge in [0.1, 0.15) is 5.75 Å². The molecule has 1 atom stereocenters. The van der Waals surface area contributed by atoms with Crippen LogP contribution in [0, 0.1) is 0 Å². The first-order valence-electron chi connectivity index (χ1n) is 10.3. The maximum absolute atomic E-state index is 13.1. The lowest BCUT2D eigenvalue weighted by molar-refractivity contribution is -0.122. The molecule has 0 saturated carbocycles. The van der Waals surface area contributed by atoms with Crippen LogP contribution < -0.4 is 15.0 Å². The molecule has 1 heterocycles. The zero-order chi connectivity index (χ0) is 21.8. The lowest BCUT2D eigenvalue weighted by Gasteiger charge is -2.23. The zero-order valence-electron chi connectivity index (χ0n) is 17.5. The molecule has 3 aromatic rings. The number of ether oxygens (including phenoxy) is 1. The smallest absolute Gasteiger partial charge is 0.265 e. The van der Waals surface area contributed by atoms with Crippen LogP contribution in [0.4, 0.5) is 11.4 Å². The number of nitrogens with one attached hydrogen (secondary N) is 1. The molecular weight excluding hydrogens is 408 g/mol. The minimum absolute atomic E-state index is 0.00497. The van der Waals surface area contributed by atoms with E-state index < -0.39 is 6.10 Å². The molecule has 0 aliphatic carbocycles. The van der Waals surface area contributed by atoms with Gasteiger partial charge in [-0.15, -0.1) is 0 Å². The first-order chi connectivity index (χ1) is 15.1. The van der Waals surface area contributed by atoms with E-state index in [0.29, 0.717) is 23.5 Å². The molecule has 2 amide bonds.